The minimum Gasteiger partial charge on any atom is -0.356 e. The summed E-state index contributed by atoms with van der Waals surface area (Å²) in [6, 6.07) is -0.419. The van der Waals surface area contributed by atoms with E-state index in [1.807, 2.05) is 34.6 Å². The number of carbonyl (C=O) groups is 2. The number of nitrogens with one attached hydrogen (secondary N) is 6. The van der Waals surface area contributed by atoms with E-state index in [0.717, 1.165) is 37.3 Å². The van der Waals surface area contributed by atoms with Gasteiger partial charge in [0.2, 0.25) is 12.3 Å². The van der Waals surface area contributed by atoms with Crippen LogP contribution in [0, 0.1) is 97.7 Å². The number of hydrogen-bond donors (Lipinski definition) is 6. The fourth-order valence-electron chi connectivity index (χ4n) is 5.19. The molecule has 57 heavy (non-hydrogen) atoms. The topological polar surface area (TPSA) is 158 Å². The van der Waals surface area contributed by atoms with Crippen molar-refractivity contribution >= 4 is 28.9 Å². The minimum atomic E-state index is -2.30. The number of aryl methyl sites for hydroxylation is 1. The monoisotopic (exact) mass is 1030 g/mol. The first-order valence-corrected chi connectivity index (χ1v) is 20.9. The zero-order valence-electron chi connectivity index (χ0n) is 38.2. The summed E-state index contributed by atoms with van der Waals surface area (Å²) in [5.41, 5.74) is 3.20. The molecular weight excluding hydrogens is 947 g/mol. The van der Waals surface area contributed by atoms with Crippen LogP contribution in [0.1, 0.15) is 178 Å². The number of imidazole rings is 1. The summed E-state index contributed by atoms with van der Waals surface area (Å²) in [7, 11) is 0. The number of carbonyl (C=O) groups excluding carboxylic acids is 2. The van der Waals surface area contributed by atoms with Crippen molar-refractivity contribution in [2.24, 2.45) is 29.6 Å². The summed E-state index contributed by atoms with van der Waals surface area (Å²) < 4.78 is 25.7. The Morgan fingerprint density at radius 2 is 1.46 bits per heavy atom. The van der Waals surface area contributed by atoms with Crippen molar-refractivity contribution in [1.82, 2.24) is 20.6 Å². The SMILES string of the molecule is CC(=N)C(=N)C(=O)NC(c1cnc(C)[nH]1)C1CCC(C(F)F)CC1.CC(=N)C(C)=C(C)C.CC1CCC(=O)NC1.CCCCCC(C)C.[CH2-]C(C)CC.[CH2-]CC.[U+2]. The number of alkyl halides is 2. The van der Waals surface area contributed by atoms with Gasteiger partial charge >= 0.3 is 31.1 Å². The second-order valence-electron chi connectivity index (χ2n) is 16.0. The predicted molar refractivity (Wildman–Crippen MR) is 235 cm³/mol. The van der Waals surface area contributed by atoms with Crippen molar-refractivity contribution in [2.45, 2.75) is 180 Å². The van der Waals surface area contributed by atoms with Crippen molar-refractivity contribution in [1.29, 1.82) is 16.2 Å². The Hall–Kier alpha value is -2.19. The minimum absolute atomic E-state index is 0. The van der Waals surface area contributed by atoms with Gasteiger partial charge in [-0.15, -0.1) is 0 Å². The number of aromatic nitrogens is 2. The molecule has 2 amide bonds. The molecule has 0 radical (unpaired) electrons. The van der Waals surface area contributed by atoms with E-state index in [0.29, 0.717) is 54.7 Å². The molecule has 1 aromatic rings. The predicted octanol–water partition coefficient (Wildman–Crippen LogP) is 12.2. The summed E-state index contributed by atoms with van der Waals surface area (Å²) in [6.45, 7) is 34.3. The average Bonchev–Trinajstić information content (AvgIpc) is 3.57. The van der Waals surface area contributed by atoms with E-state index in [1.54, 1.807) is 13.1 Å². The Morgan fingerprint density at radius 1 is 0.947 bits per heavy atom. The Morgan fingerprint density at radius 3 is 1.75 bits per heavy atom. The van der Waals surface area contributed by atoms with Crippen LogP contribution >= 0.6 is 0 Å². The van der Waals surface area contributed by atoms with Crippen LogP contribution in [-0.2, 0) is 9.59 Å². The number of unbranched alkanes of at least 4 members (excludes halogenated alkanes) is 2. The number of halogens is 2. The molecule has 0 aromatic carbocycles. The van der Waals surface area contributed by atoms with Gasteiger partial charge in [-0.3, -0.25) is 15.0 Å². The maximum atomic E-state index is 12.8. The number of aromatic amines is 1. The fraction of sp³-hybridized carbons (Fsp3) is 0.733. The third-order valence-electron chi connectivity index (χ3n) is 9.50. The molecule has 1 saturated heterocycles. The van der Waals surface area contributed by atoms with E-state index in [9.17, 15) is 18.4 Å². The molecule has 328 valence electrons. The molecule has 3 atom stereocenters. The van der Waals surface area contributed by atoms with Crippen LogP contribution in [0.2, 0.25) is 0 Å². The molecule has 2 fully saturated rings. The third-order valence-corrected chi connectivity index (χ3v) is 9.50. The smallest absolute Gasteiger partial charge is 0.356 e. The van der Waals surface area contributed by atoms with E-state index >= 15 is 0 Å². The molecule has 1 saturated carbocycles. The molecule has 6 N–H and O–H groups in total. The summed E-state index contributed by atoms with van der Waals surface area (Å²) >= 11 is 0. The number of allylic oxidation sites excluding steroid dienone is 2. The van der Waals surface area contributed by atoms with Gasteiger partial charge in [-0.05, 0) is 97.0 Å². The normalized spacial score (nSPS) is 17.8. The van der Waals surface area contributed by atoms with Gasteiger partial charge in [-0.2, -0.15) is 12.3 Å². The largest absolute Gasteiger partial charge is 2.00 e. The van der Waals surface area contributed by atoms with Crippen molar-refractivity contribution in [3.05, 3.63) is 42.7 Å². The van der Waals surface area contributed by atoms with Gasteiger partial charge in [-0.25, -0.2) is 13.8 Å². The summed E-state index contributed by atoms with van der Waals surface area (Å²) in [5.74, 6) is 1.93. The van der Waals surface area contributed by atoms with Crippen LogP contribution in [0.3, 0.4) is 0 Å². The van der Waals surface area contributed by atoms with Gasteiger partial charge < -0.3 is 40.3 Å². The van der Waals surface area contributed by atoms with E-state index in [4.69, 9.17) is 16.2 Å². The maximum Gasteiger partial charge on any atom is 2.00 e. The van der Waals surface area contributed by atoms with E-state index in [2.05, 4.69) is 76.0 Å². The third kappa shape index (κ3) is 33.4. The standard InChI is InChI=1S/C16H23F2N5O.C8H18.C7H13N.C6H11NO.C5H11.C3H7.U/c1-8(19)13(20)16(24)23-14(12-7-21-9(2)22-12)10-3-5-11(6-4-10)15(17)18;1-4-5-6-7-8(2)3;1-5(2)6(3)7(4)8;1-5-2-3-6(8)7-4-5;1-4-5(2)3;1-3-2;/h7,10-11,14-15,19-20H,3-6H2,1-2H3,(H,21,22)(H,23,24);8H,4-7H2,1-3H3;8H,1-4H3;5H,2-4H2,1H3,(H,7,8);5H,2,4H2,1,3H3;1,3H2,2H3;/q;;;;2*-1;+2. The molecule has 0 bridgehead atoms. The quantitative estimate of drug-likeness (QED) is 0.0700. The van der Waals surface area contributed by atoms with Gasteiger partial charge in [0.1, 0.15) is 11.5 Å². The first-order chi connectivity index (χ1) is 26.1. The first-order valence-electron chi connectivity index (χ1n) is 20.9. The van der Waals surface area contributed by atoms with Crippen LogP contribution in [0.25, 0.3) is 0 Å². The van der Waals surface area contributed by atoms with Crippen molar-refractivity contribution in [3.8, 4) is 0 Å². The number of rotatable bonds is 12. The fourth-order valence-corrected chi connectivity index (χ4v) is 5.19. The molecule has 0 spiro atoms. The summed E-state index contributed by atoms with van der Waals surface area (Å²) in [6.07, 6.45) is 10.9. The number of amides is 2. The summed E-state index contributed by atoms with van der Waals surface area (Å²) in [5, 5.41) is 27.8. The molecule has 3 unspecified atom stereocenters. The van der Waals surface area contributed by atoms with Crippen molar-refractivity contribution < 1.29 is 49.5 Å². The molecule has 3 rings (SSSR count). The molecule has 1 aromatic heterocycles. The second-order valence-corrected chi connectivity index (χ2v) is 16.0. The molecule has 9 nitrogen and oxygen atoms in total. The molecular formula is C45H83F2N7O2U. The summed E-state index contributed by atoms with van der Waals surface area (Å²) in [4.78, 5) is 29.9. The van der Waals surface area contributed by atoms with E-state index < -0.39 is 30.0 Å². The molecule has 1 aliphatic heterocycles. The first kappa shape index (κ1) is 61.5. The zero-order chi connectivity index (χ0) is 44.0. The number of hydrogen-bond acceptors (Lipinski definition) is 6. The van der Waals surface area contributed by atoms with Crippen LogP contribution in [-0.4, -0.2) is 51.9 Å². The van der Waals surface area contributed by atoms with Gasteiger partial charge in [0.15, 0.2) is 0 Å². The second kappa shape index (κ2) is 36.9. The Balaban J connectivity index is -0.000000350. The Bertz CT molecular complexity index is 1260. The van der Waals surface area contributed by atoms with Crippen LogP contribution < -0.4 is 10.6 Å². The number of nitrogens with zero attached hydrogens (tertiary/aromatic N) is 1. The number of piperidine rings is 1. The van der Waals surface area contributed by atoms with Crippen molar-refractivity contribution in [3.63, 3.8) is 0 Å². The Labute approximate surface area is 371 Å². The van der Waals surface area contributed by atoms with Gasteiger partial charge in [0.05, 0.1) is 23.6 Å². The zero-order valence-corrected chi connectivity index (χ0v) is 42.4. The molecule has 2 heterocycles. The van der Waals surface area contributed by atoms with E-state index in [-0.39, 0.29) is 48.6 Å². The Kier molecular flexibility index (Phi) is 39.8. The van der Waals surface area contributed by atoms with Crippen LogP contribution in [0.4, 0.5) is 8.78 Å². The van der Waals surface area contributed by atoms with Crippen molar-refractivity contribution in [2.75, 3.05) is 6.54 Å². The van der Waals surface area contributed by atoms with Crippen LogP contribution in [0.15, 0.2) is 17.3 Å². The van der Waals surface area contributed by atoms with Gasteiger partial charge in [0.25, 0.3) is 5.91 Å². The maximum absolute atomic E-state index is 12.8. The van der Waals surface area contributed by atoms with Gasteiger partial charge in [-0.1, -0.05) is 86.1 Å². The van der Waals surface area contributed by atoms with Crippen LogP contribution in [0.5, 0.6) is 0 Å². The van der Waals surface area contributed by atoms with Gasteiger partial charge in [0, 0.05) is 24.6 Å². The molecule has 12 heteroatoms. The average molecular weight is 1030 g/mol. The van der Waals surface area contributed by atoms with E-state index in [1.165, 1.54) is 44.6 Å². The molecule has 1 aliphatic carbocycles. The molecule has 2 aliphatic rings. The number of H-pyrrole nitrogens is 1.